The first-order valence-corrected chi connectivity index (χ1v) is 6.64. The maximum atomic E-state index is 12.1. The number of amides is 1. The van der Waals surface area contributed by atoms with Gasteiger partial charge in [0, 0.05) is 31.6 Å². The molecule has 0 radical (unpaired) electrons. The molecule has 0 unspecified atom stereocenters. The van der Waals surface area contributed by atoms with Gasteiger partial charge < -0.3 is 14.2 Å². The molecular formula is C11H17BrN2O3. The van der Waals surface area contributed by atoms with Crippen LogP contribution in [-0.4, -0.2) is 41.5 Å². The number of nitrogens with zero attached hydrogens (tertiary/aromatic N) is 2. The van der Waals surface area contributed by atoms with E-state index in [4.69, 9.17) is 9.26 Å². The zero-order valence-corrected chi connectivity index (χ0v) is 11.7. The molecule has 1 aromatic heterocycles. The van der Waals surface area contributed by atoms with Crippen LogP contribution in [0.25, 0.3) is 0 Å². The standard InChI is InChI=1S/C11H17BrN2O3/c1-3-5-14(6-4-12)11(15)10-7-9(8-16-2)17-13-10/h7H,3-6,8H2,1-2H3. The third kappa shape index (κ3) is 4.12. The molecule has 1 heterocycles. The Hall–Kier alpha value is -0.880. The van der Waals surface area contributed by atoms with Crippen LogP contribution in [-0.2, 0) is 11.3 Å². The fraction of sp³-hybridized carbons (Fsp3) is 0.636. The lowest BCUT2D eigenvalue weighted by molar-refractivity contribution is 0.0755. The van der Waals surface area contributed by atoms with Gasteiger partial charge in [0.2, 0.25) is 0 Å². The number of aromatic nitrogens is 1. The lowest BCUT2D eigenvalue weighted by atomic mass is 10.3. The maximum Gasteiger partial charge on any atom is 0.276 e. The van der Waals surface area contributed by atoms with E-state index in [-0.39, 0.29) is 5.91 Å². The van der Waals surface area contributed by atoms with Gasteiger partial charge in [-0.25, -0.2) is 0 Å². The van der Waals surface area contributed by atoms with E-state index in [0.29, 0.717) is 24.6 Å². The van der Waals surface area contributed by atoms with E-state index in [1.165, 1.54) is 0 Å². The number of hydrogen-bond acceptors (Lipinski definition) is 4. The number of carbonyl (C=O) groups excluding carboxylic acids is 1. The number of alkyl halides is 1. The first-order valence-electron chi connectivity index (χ1n) is 5.52. The summed E-state index contributed by atoms with van der Waals surface area (Å²) in [5.74, 6) is 0.462. The second-order valence-electron chi connectivity index (χ2n) is 3.59. The zero-order valence-electron chi connectivity index (χ0n) is 10.1. The summed E-state index contributed by atoms with van der Waals surface area (Å²) in [7, 11) is 1.57. The van der Waals surface area contributed by atoms with Gasteiger partial charge in [-0.2, -0.15) is 0 Å². The summed E-state index contributed by atoms with van der Waals surface area (Å²) < 4.78 is 9.91. The van der Waals surface area contributed by atoms with Crippen LogP contribution in [0.5, 0.6) is 0 Å². The van der Waals surface area contributed by atoms with Crippen LogP contribution in [0.3, 0.4) is 0 Å². The van der Waals surface area contributed by atoms with Gasteiger partial charge in [-0.1, -0.05) is 28.0 Å². The SMILES string of the molecule is CCCN(CCBr)C(=O)c1cc(COC)on1. The molecule has 96 valence electrons. The largest absolute Gasteiger partial charge is 0.377 e. The molecular weight excluding hydrogens is 288 g/mol. The Balaban J connectivity index is 2.70. The summed E-state index contributed by atoms with van der Waals surface area (Å²) >= 11 is 3.33. The van der Waals surface area contributed by atoms with E-state index >= 15 is 0 Å². The monoisotopic (exact) mass is 304 g/mol. The van der Waals surface area contributed by atoms with Crippen LogP contribution in [0.1, 0.15) is 29.6 Å². The highest BCUT2D eigenvalue weighted by molar-refractivity contribution is 9.09. The van der Waals surface area contributed by atoms with Gasteiger partial charge in [0.25, 0.3) is 5.91 Å². The number of methoxy groups -OCH3 is 1. The van der Waals surface area contributed by atoms with Crippen LogP contribution in [0.2, 0.25) is 0 Å². The van der Waals surface area contributed by atoms with E-state index in [9.17, 15) is 4.79 Å². The van der Waals surface area contributed by atoms with Crippen molar-refractivity contribution in [2.75, 3.05) is 25.5 Å². The number of hydrogen-bond donors (Lipinski definition) is 0. The molecule has 0 spiro atoms. The van der Waals surface area contributed by atoms with Gasteiger partial charge in [0.15, 0.2) is 11.5 Å². The van der Waals surface area contributed by atoms with Crippen molar-refractivity contribution in [1.29, 1.82) is 0 Å². The summed E-state index contributed by atoms with van der Waals surface area (Å²) in [5.41, 5.74) is 0.339. The number of carbonyl (C=O) groups is 1. The zero-order chi connectivity index (χ0) is 12.7. The Morgan fingerprint density at radius 1 is 1.59 bits per heavy atom. The first-order chi connectivity index (χ1) is 8.22. The molecule has 1 aromatic rings. The third-order valence-corrected chi connectivity index (χ3v) is 2.55. The normalized spacial score (nSPS) is 10.5. The van der Waals surface area contributed by atoms with E-state index < -0.39 is 0 Å². The summed E-state index contributed by atoms with van der Waals surface area (Å²) in [5, 5.41) is 4.51. The van der Waals surface area contributed by atoms with Gasteiger partial charge in [-0.15, -0.1) is 0 Å². The van der Waals surface area contributed by atoms with Gasteiger partial charge in [-0.3, -0.25) is 4.79 Å². The highest BCUT2D eigenvalue weighted by Crippen LogP contribution is 2.09. The molecule has 0 saturated carbocycles. The molecule has 0 fully saturated rings. The molecule has 0 aliphatic rings. The first kappa shape index (κ1) is 14.2. The molecule has 1 amide bonds. The van der Waals surface area contributed by atoms with Gasteiger partial charge in [0.1, 0.15) is 6.61 Å². The molecule has 0 aliphatic heterocycles. The molecule has 1 rings (SSSR count). The van der Waals surface area contributed by atoms with Crippen molar-refractivity contribution >= 4 is 21.8 Å². The van der Waals surface area contributed by atoms with E-state index in [1.54, 1.807) is 18.1 Å². The summed E-state index contributed by atoms with van der Waals surface area (Å²) in [6.07, 6.45) is 0.918. The molecule has 0 N–H and O–H groups in total. The van der Waals surface area contributed by atoms with Crippen molar-refractivity contribution in [1.82, 2.24) is 10.1 Å². The van der Waals surface area contributed by atoms with Crippen LogP contribution in [0.15, 0.2) is 10.6 Å². The molecule has 0 aromatic carbocycles. The lowest BCUT2D eigenvalue weighted by Gasteiger charge is -2.19. The fourth-order valence-electron chi connectivity index (χ4n) is 1.47. The lowest BCUT2D eigenvalue weighted by Crippen LogP contribution is -2.33. The van der Waals surface area contributed by atoms with Crippen molar-refractivity contribution in [2.24, 2.45) is 0 Å². The molecule has 0 atom stereocenters. The van der Waals surface area contributed by atoms with E-state index in [2.05, 4.69) is 21.1 Å². The van der Waals surface area contributed by atoms with Crippen molar-refractivity contribution in [3.63, 3.8) is 0 Å². The minimum Gasteiger partial charge on any atom is -0.377 e. The van der Waals surface area contributed by atoms with Gasteiger partial charge in [0.05, 0.1) is 0 Å². The van der Waals surface area contributed by atoms with Gasteiger partial charge in [-0.05, 0) is 6.42 Å². The second kappa shape index (κ2) is 7.45. The van der Waals surface area contributed by atoms with Crippen molar-refractivity contribution in [3.8, 4) is 0 Å². The van der Waals surface area contributed by atoms with Crippen LogP contribution in [0.4, 0.5) is 0 Å². The highest BCUT2D eigenvalue weighted by atomic mass is 79.9. The molecule has 0 saturated heterocycles. The predicted octanol–water partition coefficient (Wildman–Crippen LogP) is 2.07. The Bertz CT molecular complexity index is 348. The molecule has 17 heavy (non-hydrogen) atoms. The average Bonchev–Trinajstić information content (AvgIpc) is 2.77. The van der Waals surface area contributed by atoms with E-state index in [1.807, 2.05) is 6.92 Å². The number of rotatable bonds is 7. The van der Waals surface area contributed by atoms with Crippen molar-refractivity contribution < 1.29 is 14.1 Å². The molecule has 5 nitrogen and oxygen atoms in total. The minimum atomic E-state index is -0.0996. The highest BCUT2D eigenvalue weighted by Gasteiger charge is 2.18. The quantitative estimate of drug-likeness (QED) is 0.724. The second-order valence-corrected chi connectivity index (χ2v) is 4.39. The van der Waals surface area contributed by atoms with Crippen LogP contribution in [0, 0.1) is 0 Å². The molecule has 0 bridgehead atoms. The van der Waals surface area contributed by atoms with Gasteiger partial charge >= 0.3 is 0 Å². The van der Waals surface area contributed by atoms with E-state index in [0.717, 1.165) is 18.3 Å². The minimum absolute atomic E-state index is 0.0996. The van der Waals surface area contributed by atoms with Crippen LogP contribution < -0.4 is 0 Å². The Labute approximate surface area is 109 Å². The molecule has 0 aliphatic carbocycles. The summed E-state index contributed by atoms with van der Waals surface area (Å²) in [4.78, 5) is 13.8. The fourth-order valence-corrected chi connectivity index (χ4v) is 1.90. The average molecular weight is 305 g/mol. The van der Waals surface area contributed by atoms with Crippen molar-refractivity contribution in [3.05, 3.63) is 17.5 Å². The number of halogens is 1. The smallest absolute Gasteiger partial charge is 0.276 e. The van der Waals surface area contributed by atoms with Crippen molar-refractivity contribution in [2.45, 2.75) is 20.0 Å². The topological polar surface area (TPSA) is 55.6 Å². The Morgan fingerprint density at radius 2 is 2.35 bits per heavy atom. The molecule has 6 heteroatoms. The summed E-state index contributed by atoms with van der Waals surface area (Å²) in [6.45, 7) is 3.75. The maximum absolute atomic E-state index is 12.1. The Kier molecular flexibility index (Phi) is 6.21. The third-order valence-electron chi connectivity index (χ3n) is 2.20. The summed E-state index contributed by atoms with van der Waals surface area (Å²) in [6, 6.07) is 1.63. The number of ether oxygens (including phenoxy) is 1. The van der Waals surface area contributed by atoms with Crippen LogP contribution >= 0.6 is 15.9 Å². The Morgan fingerprint density at radius 3 is 2.94 bits per heavy atom. The predicted molar refractivity (Wildman–Crippen MR) is 67.2 cm³/mol.